The van der Waals surface area contributed by atoms with Crippen molar-refractivity contribution in [1.82, 2.24) is 0 Å². The van der Waals surface area contributed by atoms with Gasteiger partial charge in [0.05, 0.1) is 0 Å². The van der Waals surface area contributed by atoms with Gasteiger partial charge in [-0.25, -0.2) is 0 Å². The second kappa shape index (κ2) is 7.46. The highest BCUT2D eigenvalue weighted by molar-refractivity contribution is 5.86. The summed E-state index contributed by atoms with van der Waals surface area (Å²) >= 11 is 0. The molecule has 0 heterocycles. The fourth-order valence-electron chi connectivity index (χ4n) is 5.03. The van der Waals surface area contributed by atoms with Crippen molar-refractivity contribution >= 4 is 5.57 Å². The van der Waals surface area contributed by atoms with E-state index in [1.807, 2.05) is 0 Å². The fraction of sp³-hybridized carbons (Fsp3) is 0.357. The van der Waals surface area contributed by atoms with Crippen LogP contribution in [0.2, 0.25) is 0 Å². The predicted octanol–water partition coefficient (Wildman–Crippen LogP) is 7.03. The SMILES string of the molecule is CCC(N)(CC)c1ccc(C2=CC3=C(CCC=C3)C(C)(C)c3ccccc32)cc1. The van der Waals surface area contributed by atoms with E-state index >= 15 is 0 Å². The minimum atomic E-state index is -0.238. The van der Waals surface area contributed by atoms with Gasteiger partial charge in [-0.3, -0.25) is 0 Å². The Labute approximate surface area is 176 Å². The molecule has 0 unspecified atom stereocenters. The first-order valence-electron chi connectivity index (χ1n) is 11.0. The molecule has 2 aliphatic rings. The van der Waals surface area contributed by atoms with Crippen LogP contribution in [0.4, 0.5) is 0 Å². The average molecular weight is 384 g/mol. The maximum atomic E-state index is 6.64. The van der Waals surface area contributed by atoms with E-state index in [0.29, 0.717) is 0 Å². The minimum absolute atomic E-state index is 0.0334. The summed E-state index contributed by atoms with van der Waals surface area (Å²) < 4.78 is 0. The Morgan fingerprint density at radius 1 is 0.966 bits per heavy atom. The molecule has 0 aliphatic heterocycles. The van der Waals surface area contributed by atoms with Crippen LogP contribution in [0.25, 0.3) is 5.57 Å². The van der Waals surface area contributed by atoms with Crippen LogP contribution in [-0.2, 0) is 11.0 Å². The van der Waals surface area contributed by atoms with E-state index < -0.39 is 0 Å². The smallest absolute Gasteiger partial charge is 0.0404 e. The molecule has 0 atom stereocenters. The van der Waals surface area contributed by atoms with E-state index in [2.05, 4.69) is 94.5 Å². The number of hydrogen-bond donors (Lipinski definition) is 1. The van der Waals surface area contributed by atoms with Gasteiger partial charge >= 0.3 is 0 Å². The van der Waals surface area contributed by atoms with Crippen molar-refractivity contribution in [2.75, 3.05) is 0 Å². The van der Waals surface area contributed by atoms with E-state index in [4.69, 9.17) is 5.73 Å². The lowest BCUT2D eigenvalue weighted by molar-refractivity contribution is 0.413. The van der Waals surface area contributed by atoms with E-state index in [-0.39, 0.29) is 11.0 Å². The number of benzene rings is 2. The molecule has 0 saturated carbocycles. The number of hydrogen-bond acceptors (Lipinski definition) is 1. The highest BCUT2D eigenvalue weighted by atomic mass is 14.7. The lowest BCUT2D eigenvalue weighted by Crippen LogP contribution is -2.34. The molecule has 2 aromatic rings. The normalized spacial score (nSPS) is 18.0. The first-order valence-corrected chi connectivity index (χ1v) is 11.0. The Bertz CT molecular complexity index is 995. The number of fused-ring (bicyclic) bond motifs is 1. The molecule has 0 bridgehead atoms. The number of allylic oxidation sites excluding steroid dienone is 5. The van der Waals surface area contributed by atoms with Crippen LogP contribution in [-0.4, -0.2) is 0 Å². The third kappa shape index (κ3) is 3.32. The van der Waals surface area contributed by atoms with Crippen molar-refractivity contribution < 1.29 is 0 Å². The summed E-state index contributed by atoms with van der Waals surface area (Å²) in [5.74, 6) is 0. The van der Waals surface area contributed by atoms with Crippen molar-refractivity contribution in [3.63, 3.8) is 0 Å². The van der Waals surface area contributed by atoms with Gasteiger partial charge in [0, 0.05) is 11.0 Å². The van der Waals surface area contributed by atoms with Crippen molar-refractivity contribution in [2.24, 2.45) is 5.73 Å². The quantitative estimate of drug-likeness (QED) is 0.602. The zero-order chi connectivity index (χ0) is 20.6. The molecule has 29 heavy (non-hydrogen) atoms. The number of rotatable bonds is 4. The summed E-state index contributed by atoms with van der Waals surface area (Å²) in [7, 11) is 0. The van der Waals surface area contributed by atoms with Gasteiger partial charge in [0.1, 0.15) is 0 Å². The Morgan fingerprint density at radius 3 is 2.34 bits per heavy atom. The van der Waals surface area contributed by atoms with Crippen molar-refractivity contribution in [2.45, 2.75) is 64.3 Å². The molecule has 1 heteroatoms. The highest BCUT2D eigenvalue weighted by Gasteiger charge is 2.33. The van der Waals surface area contributed by atoms with Crippen molar-refractivity contribution in [1.29, 1.82) is 0 Å². The second-order valence-electron chi connectivity index (χ2n) is 9.04. The molecule has 0 spiro atoms. The largest absolute Gasteiger partial charge is 0.321 e. The molecule has 0 saturated heterocycles. The average Bonchev–Trinajstić information content (AvgIpc) is 2.86. The van der Waals surface area contributed by atoms with Crippen LogP contribution in [0.5, 0.6) is 0 Å². The van der Waals surface area contributed by atoms with Crippen LogP contribution in [0.1, 0.15) is 75.6 Å². The molecular weight excluding hydrogens is 350 g/mol. The van der Waals surface area contributed by atoms with E-state index in [9.17, 15) is 0 Å². The van der Waals surface area contributed by atoms with Gasteiger partial charge in [-0.15, -0.1) is 0 Å². The van der Waals surface area contributed by atoms with Gasteiger partial charge in [0.15, 0.2) is 0 Å². The molecule has 0 radical (unpaired) electrons. The second-order valence-corrected chi connectivity index (χ2v) is 9.04. The van der Waals surface area contributed by atoms with Crippen LogP contribution >= 0.6 is 0 Å². The minimum Gasteiger partial charge on any atom is -0.321 e. The lowest BCUT2D eigenvalue weighted by atomic mass is 9.72. The molecule has 0 fully saturated rings. The Balaban J connectivity index is 1.88. The molecule has 0 amide bonds. The third-order valence-electron chi connectivity index (χ3n) is 7.18. The summed E-state index contributed by atoms with van der Waals surface area (Å²) in [6.07, 6.45) is 11.2. The standard InChI is InChI=1S/C28H33N/c1-5-28(29,6-2)22-17-15-20(16-18-22)24-19-21-11-7-9-13-25(21)27(3,4)26-14-10-8-12-23(24)26/h7-8,10-12,14-19H,5-6,9,13,29H2,1-4H3. The molecular formula is C28H33N. The van der Waals surface area contributed by atoms with Crippen molar-refractivity contribution in [3.8, 4) is 0 Å². The first-order chi connectivity index (χ1) is 13.9. The highest BCUT2D eigenvalue weighted by Crippen LogP contribution is 2.46. The fourth-order valence-corrected chi connectivity index (χ4v) is 5.03. The molecule has 150 valence electrons. The Kier molecular flexibility index (Phi) is 5.12. The summed E-state index contributed by atoms with van der Waals surface area (Å²) in [4.78, 5) is 0. The van der Waals surface area contributed by atoms with Gasteiger partial charge in [-0.2, -0.15) is 0 Å². The lowest BCUT2D eigenvalue weighted by Gasteiger charge is -2.32. The van der Waals surface area contributed by atoms with E-state index in [0.717, 1.165) is 25.7 Å². The van der Waals surface area contributed by atoms with Gasteiger partial charge < -0.3 is 5.73 Å². The summed E-state index contributed by atoms with van der Waals surface area (Å²) in [5, 5.41) is 0. The molecule has 2 aliphatic carbocycles. The van der Waals surface area contributed by atoms with Crippen LogP contribution in [0, 0.1) is 0 Å². The Hall–Kier alpha value is -2.38. The summed E-state index contributed by atoms with van der Waals surface area (Å²) in [5.41, 5.74) is 15.9. The topological polar surface area (TPSA) is 26.0 Å². The van der Waals surface area contributed by atoms with Gasteiger partial charge in [0.2, 0.25) is 0 Å². The van der Waals surface area contributed by atoms with Gasteiger partial charge in [-0.05, 0) is 65.2 Å². The molecule has 2 N–H and O–H groups in total. The van der Waals surface area contributed by atoms with Gasteiger partial charge in [0.25, 0.3) is 0 Å². The van der Waals surface area contributed by atoms with Crippen molar-refractivity contribution in [3.05, 3.63) is 100 Å². The van der Waals surface area contributed by atoms with Crippen LogP contribution < -0.4 is 5.73 Å². The molecule has 2 aromatic carbocycles. The van der Waals surface area contributed by atoms with E-state index in [1.54, 1.807) is 5.57 Å². The molecule has 1 nitrogen and oxygen atoms in total. The van der Waals surface area contributed by atoms with Gasteiger partial charge in [-0.1, -0.05) is 94.0 Å². The maximum absolute atomic E-state index is 6.64. The Morgan fingerprint density at radius 2 is 1.66 bits per heavy atom. The molecule has 0 aromatic heterocycles. The maximum Gasteiger partial charge on any atom is 0.0404 e. The first kappa shape index (κ1) is 19.9. The van der Waals surface area contributed by atoms with E-state index in [1.165, 1.54) is 33.4 Å². The summed E-state index contributed by atoms with van der Waals surface area (Å²) in [6, 6.07) is 17.9. The number of nitrogens with two attached hydrogens (primary N) is 1. The zero-order valence-corrected chi connectivity index (χ0v) is 18.3. The zero-order valence-electron chi connectivity index (χ0n) is 18.3. The monoisotopic (exact) mass is 383 g/mol. The molecule has 4 rings (SSSR count). The predicted molar refractivity (Wildman–Crippen MR) is 125 cm³/mol. The van der Waals surface area contributed by atoms with Crippen LogP contribution in [0.15, 0.2) is 77.9 Å². The third-order valence-corrected chi connectivity index (χ3v) is 7.18. The van der Waals surface area contributed by atoms with Crippen LogP contribution in [0.3, 0.4) is 0 Å². The summed E-state index contributed by atoms with van der Waals surface area (Å²) in [6.45, 7) is 9.11.